The minimum absolute atomic E-state index is 0.932. The maximum atomic E-state index is 4.99. The second-order valence-corrected chi connectivity index (χ2v) is 9.59. The predicted molar refractivity (Wildman–Crippen MR) is 156 cm³/mol. The molecule has 4 nitrogen and oxygen atoms in total. The molecule has 38 heavy (non-hydrogen) atoms. The van der Waals surface area contributed by atoms with E-state index in [1.54, 1.807) is 0 Å². The van der Waals surface area contributed by atoms with Crippen LogP contribution in [0, 0.1) is 0 Å². The van der Waals surface area contributed by atoms with Gasteiger partial charge < -0.3 is 0 Å². The zero-order valence-electron chi connectivity index (χ0n) is 20.3. The molecule has 8 aromatic rings. The lowest BCUT2D eigenvalue weighted by molar-refractivity contribution is 1.37. The highest BCUT2D eigenvalue weighted by Crippen LogP contribution is 2.31. The van der Waals surface area contributed by atoms with Crippen LogP contribution in [0.15, 0.2) is 122 Å². The smallest absolute Gasteiger partial charge is 0.0972 e. The number of hydrogen-bond donors (Lipinski definition) is 0. The molecule has 0 N–H and O–H groups in total. The van der Waals surface area contributed by atoms with Crippen molar-refractivity contribution < 1.29 is 0 Å². The van der Waals surface area contributed by atoms with Gasteiger partial charge in [-0.3, -0.25) is 9.97 Å². The van der Waals surface area contributed by atoms with Gasteiger partial charge in [-0.1, -0.05) is 72.8 Å². The number of rotatable bonds is 2. The van der Waals surface area contributed by atoms with Gasteiger partial charge in [-0.15, -0.1) is 0 Å². The molecule has 0 bridgehead atoms. The van der Waals surface area contributed by atoms with Crippen molar-refractivity contribution in [3.63, 3.8) is 0 Å². The molecule has 0 aliphatic heterocycles. The summed E-state index contributed by atoms with van der Waals surface area (Å²) < 4.78 is 0. The topological polar surface area (TPSA) is 51.6 Å². The molecule has 4 heterocycles. The van der Waals surface area contributed by atoms with Gasteiger partial charge in [0.25, 0.3) is 0 Å². The largest absolute Gasteiger partial charge is 0.254 e. The first-order valence-corrected chi connectivity index (χ1v) is 12.6. The van der Waals surface area contributed by atoms with E-state index in [0.29, 0.717) is 0 Å². The molecule has 0 aliphatic carbocycles. The van der Waals surface area contributed by atoms with Gasteiger partial charge in [-0.2, -0.15) is 0 Å². The van der Waals surface area contributed by atoms with Crippen molar-refractivity contribution in [3.8, 4) is 22.4 Å². The number of aromatic nitrogens is 4. The van der Waals surface area contributed by atoms with E-state index in [4.69, 9.17) is 9.97 Å². The van der Waals surface area contributed by atoms with Gasteiger partial charge in [-0.05, 0) is 47.5 Å². The highest BCUT2D eigenvalue weighted by Gasteiger charge is 2.09. The van der Waals surface area contributed by atoms with Crippen molar-refractivity contribution in [3.05, 3.63) is 122 Å². The van der Waals surface area contributed by atoms with Crippen LogP contribution < -0.4 is 0 Å². The SMILES string of the molecule is c1cnc2c(c1)ccc1ccc(-c3ccc(-c4ccc5nc6c(ccc7cccnc76)cc5c4)cc3)nc12. The minimum Gasteiger partial charge on any atom is -0.254 e. The summed E-state index contributed by atoms with van der Waals surface area (Å²) in [7, 11) is 0. The molecule has 0 radical (unpaired) electrons. The lowest BCUT2D eigenvalue weighted by Gasteiger charge is -2.09. The van der Waals surface area contributed by atoms with Gasteiger partial charge >= 0.3 is 0 Å². The van der Waals surface area contributed by atoms with E-state index in [2.05, 4.69) is 107 Å². The van der Waals surface area contributed by atoms with Crippen LogP contribution in [0.2, 0.25) is 0 Å². The molecule has 0 saturated heterocycles. The number of pyridine rings is 4. The molecule has 4 heteroatoms. The third-order valence-corrected chi connectivity index (χ3v) is 7.30. The van der Waals surface area contributed by atoms with Crippen molar-refractivity contribution in [1.82, 2.24) is 19.9 Å². The highest BCUT2D eigenvalue weighted by molar-refractivity contribution is 6.07. The van der Waals surface area contributed by atoms with E-state index in [-0.39, 0.29) is 0 Å². The third-order valence-electron chi connectivity index (χ3n) is 7.30. The van der Waals surface area contributed by atoms with E-state index in [0.717, 1.165) is 76.9 Å². The van der Waals surface area contributed by atoms with E-state index in [9.17, 15) is 0 Å². The van der Waals surface area contributed by atoms with Gasteiger partial charge in [0.1, 0.15) is 0 Å². The zero-order valence-corrected chi connectivity index (χ0v) is 20.3. The maximum Gasteiger partial charge on any atom is 0.0972 e. The molecule has 0 unspecified atom stereocenters. The molecule has 0 amide bonds. The Morgan fingerprint density at radius 2 is 0.947 bits per heavy atom. The molecule has 8 rings (SSSR count). The van der Waals surface area contributed by atoms with Gasteiger partial charge in [-0.25, -0.2) is 9.97 Å². The third kappa shape index (κ3) is 3.31. The molecule has 176 valence electrons. The average molecular weight is 485 g/mol. The fraction of sp³-hybridized carbons (Fsp3) is 0. The summed E-state index contributed by atoms with van der Waals surface area (Å²) >= 11 is 0. The summed E-state index contributed by atoms with van der Waals surface area (Å²) in [4.78, 5) is 19.1. The van der Waals surface area contributed by atoms with Crippen molar-refractivity contribution >= 4 is 54.5 Å². The van der Waals surface area contributed by atoms with Crippen LogP contribution in [-0.4, -0.2) is 19.9 Å². The Kier molecular flexibility index (Phi) is 4.49. The summed E-state index contributed by atoms with van der Waals surface area (Å²) in [6.45, 7) is 0. The van der Waals surface area contributed by atoms with Gasteiger partial charge in [0.2, 0.25) is 0 Å². The Hall–Kier alpha value is -5.22. The van der Waals surface area contributed by atoms with Gasteiger partial charge in [0, 0.05) is 44.9 Å². The second kappa shape index (κ2) is 8.15. The van der Waals surface area contributed by atoms with E-state index in [1.165, 1.54) is 0 Å². The Morgan fingerprint density at radius 1 is 0.368 bits per heavy atom. The van der Waals surface area contributed by atoms with Crippen LogP contribution >= 0.6 is 0 Å². The van der Waals surface area contributed by atoms with Crippen LogP contribution in [0.5, 0.6) is 0 Å². The van der Waals surface area contributed by atoms with Crippen LogP contribution in [-0.2, 0) is 0 Å². The predicted octanol–water partition coefficient (Wildman–Crippen LogP) is 8.37. The number of benzene rings is 4. The second-order valence-electron chi connectivity index (χ2n) is 9.59. The molecule has 0 atom stereocenters. The highest BCUT2D eigenvalue weighted by atomic mass is 14.8. The molecule has 0 saturated carbocycles. The van der Waals surface area contributed by atoms with Crippen molar-refractivity contribution in [2.75, 3.05) is 0 Å². The van der Waals surface area contributed by atoms with Crippen LogP contribution in [0.25, 0.3) is 76.9 Å². The van der Waals surface area contributed by atoms with Gasteiger partial charge in [0.05, 0.1) is 33.3 Å². The van der Waals surface area contributed by atoms with Crippen LogP contribution in [0.4, 0.5) is 0 Å². The summed E-state index contributed by atoms with van der Waals surface area (Å²) in [5.41, 5.74) is 9.06. The monoisotopic (exact) mass is 484 g/mol. The lowest BCUT2D eigenvalue weighted by atomic mass is 9.99. The Balaban J connectivity index is 1.18. The Labute approximate surface area is 218 Å². The molecule has 4 aromatic heterocycles. The molecule has 0 fully saturated rings. The standard InChI is InChI=1S/C34H20N4/c1-3-23-9-10-25-13-15-29(37-33(25)31(23)35-17-1)22-7-5-21(6-8-22)26-14-16-30-28(19-26)20-27-12-11-24-4-2-18-36-32(24)34(27)38-30/h1-20H. The Bertz CT molecular complexity index is 2180. The number of nitrogens with zero attached hydrogens (tertiary/aromatic N) is 4. The van der Waals surface area contributed by atoms with Gasteiger partial charge in [0.15, 0.2) is 0 Å². The maximum absolute atomic E-state index is 4.99. The molecule has 0 spiro atoms. The van der Waals surface area contributed by atoms with E-state index in [1.807, 2.05) is 24.5 Å². The Morgan fingerprint density at radius 3 is 1.68 bits per heavy atom. The zero-order chi connectivity index (χ0) is 25.1. The fourth-order valence-corrected chi connectivity index (χ4v) is 5.34. The first-order valence-electron chi connectivity index (χ1n) is 12.6. The number of hydrogen-bond acceptors (Lipinski definition) is 4. The van der Waals surface area contributed by atoms with E-state index < -0.39 is 0 Å². The lowest BCUT2D eigenvalue weighted by Crippen LogP contribution is -1.89. The molecular formula is C34H20N4. The molecular weight excluding hydrogens is 464 g/mol. The summed E-state index contributed by atoms with van der Waals surface area (Å²) in [5.74, 6) is 0. The summed E-state index contributed by atoms with van der Waals surface area (Å²) in [6.07, 6.45) is 3.65. The summed E-state index contributed by atoms with van der Waals surface area (Å²) in [6, 6.07) is 38.0. The van der Waals surface area contributed by atoms with E-state index >= 15 is 0 Å². The van der Waals surface area contributed by atoms with Crippen LogP contribution in [0.3, 0.4) is 0 Å². The van der Waals surface area contributed by atoms with Crippen molar-refractivity contribution in [2.24, 2.45) is 0 Å². The molecule has 0 aliphatic rings. The minimum atomic E-state index is 0.932. The number of fused-ring (bicyclic) bond motifs is 7. The first kappa shape index (κ1) is 20.9. The normalized spacial score (nSPS) is 11.7. The summed E-state index contributed by atoms with van der Waals surface area (Å²) in [5, 5.41) is 5.51. The first-order chi connectivity index (χ1) is 18.8. The van der Waals surface area contributed by atoms with Crippen LogP contribution in [0.1, 0.15) is 0 Å². The quantitative estimate of drug-likeness (QED) is 0.183. The fourth-order valence-electron chi connectivity index (χ4n) is 5.34. The van der Waals surface area contributed by atoms with Crippen molar-refractivity contribution in [2.45, 2.75) is 0 Å². The molecule has 4 aromatic carbocycles. The average Bonchev–Trinajstić information content (AvgIpc) is 2.99. The van der Waals surface area contributed by atoms with Crippen molar-refractivity contribution in [1.29, 1.82) is 0 Å².